The van der Waals surface area contributed by atoms with Gasteiger partial charge in [0.2, 0.25) is 0 Å². The summed E-state index contributed by atoms with van der Waals surface area (Å²) in [5, 5.41) is 0. The zero-order valence-electron chi connectivity index (χ0n) is 12.6. The average molecular weight is 292 g/mol. The Morgan fingerprint density at radius 1 is 0.955 bits per heavy atom. The predicted molar refractivity (Wildman–Crippen MR) is 87.5 cm³/mol. The average Bonchev–Trinajstić information content (AvgIpc) is 2.59. The van der Waals surface area contributed by atoms with E-state index in [0.717, 1.165) is 31.1 Å². The van der Waals surface area contributed by atoms with E-state index in [-0.39, 0.29) is 0 Å². The predicted octanol–water partition coefficient (Wildman–Crippen LogP) is 4.10. The van der Waals surface area contributed by atoms with Gasteiger partial charge in [-0.25, -0.2) is 0 Å². The molecule has 1 unspecified atom stereocenters. The second-order valence-corrected chi connectivity index (χ2v) is 5.90. The Hall–Kier alpha value is -2.35. The third-order valence-corrected chi connectivity index (χ3v) is 4.16. The third kappa shape index (κ3) is 3.45. The van der Waals surface area contributed by atoms with Crippen molar-refractivity contribution < 1.29 is 9.53 Å². The Balaban J connectivity index is 1.68. The van der Waals surface area contributed by atoms with Gasteiger partial charge in [0.15, 0.2) is 11.9 Å². The fraction of sp³-hybridized carbons (Fsp3) is 0.250. The minimum absolute atomic E-state index is 0.631. The standard InChI is InChI=1S/C20H20O2/c21-16-20(14-18-9-5-2-6-10-18)12-11-19(15-22-20)13-17-7-3-1-4-8-17/h1-10,15-16H,11-14H2. The fourth-order valence-corrected chi connectivity index (χ4v) is 2.88. The van der Waals surface area contributed by atoms with Gasteiger partial charge in [-0.3, -0.25) is 4.79 Å². The monoisotopic (exact) mass is 292 g/mol. The molecule has 2 aromatic rings. The van der Waals surface area contributed by atoms with Gasteiger partial charge in [0.05, 0.1) is 6.26 Å². The summed E-state index contributed by atoms with van der Waals surface area (Å²) in [6.45, 7) is 0. The van der Waals surface area contributed by atoms with E-state index in [1.807, 2.05) is 48.5 Å². The summed E-state index contributed by atoms with van der Waals surface area (Å²) < 4.78 is 5.87. The van der Waals surface area contributed by atoms with Gasteiger partial charge in [-0.2, -0.15) is 0 Å². The summed E-state index contributed by atoms with van der Waals surface area (Å²) in [7, 11) is 0. The van der Waals surface area contributed by atoms with Crippen molar-refractivity contribution >= 4 is 6.29 Å². The number of aldehydes is 1. The molecule has 0 amide bonds. The van der Waals surface area contributed by atoms with Crippen LogP contribution in [0, 0.1) is 0 Å². The largest absolute Gasteiger partial charge is 0.487 e. The van der Waals surface area contributed by atoms with Crippen molar-refractivity contribution in [3.63, 3.8) is 0 Å². The first-order valence-electron chi connectivity index (χ1n) is 7.70. The molecular weight excluding hydrogens is 272 g/mol. The zero-order valence-corrected chi connectivity index (χ0v) is 12.6. The molecule has 3 rings (SSSR count). The Morgan fingerprint density at radius 3 is 2.14 bits per heavy atom. The molecule has 1 aliphatic heterocycles. The Morgan fingerprint density at radius 2 is 1.59 bits per heavy atom. The summed E-state index contributed by atoms with van der Waals surface area (Å²) in [5.74, 6) is 0. The van der Waals surface area contributed by atoms with E-state index >= 15 is 0 Å². The number of hydrogen-bond donors (Lipinski definition) is 0. The molecule has 22 heavy (non-hydrogen) atoms. The van der Waals surface area contributed by atoms with Crippen LogP contribution in [0.1, 0.15) is 24.0 Å². The highest BCUT2D eigenvalue weighted by Crippen LogP contribution is 2.30. The van der Waals surface area contributed by atoms with Crippen molar-refractivity contribution in [2.24, 2.45) is 0 Å². The first-order valence-corrected chi connectivity index (χ1v) is 7.70. The van der Waals surface area contributed by atoms with Gasteiger partial charge in [0.1, 0.15) is 0 Å². The van der Waals surface area contributed by atoms with Gasteiger partial charge in [-0.05, 0) is 36.0 Å². The number of hydrogen-bond acceptors (Lipinski definition) is 2. The van der Waals surface area contributed by atoms with Crippen molar-refractivity contribution in [3.8, 4) is 0 Å². The highest BCUT2D eigenvalue weighted by Gasteiger charge is 2.34. The van der Waals surface area contributed by atoms with E-state index in [4.69, 9.17) is 4.74 Å². The SMILES string of the molecule is O=CC1(Cc2ccccc2)CCC(Cc2ccccc2)=CO1. The second-order valence-electron chi connectivity index (χ2n) is 5.90. The molecule has 0 fully saturated rings. The number of rotatable bonds is 5. The molecule has 0 N–H and O–H groups in total. The van der Waals surface area contributed by atoms with E-state index in [0.29, 0.717) is 6.42 Å². The summed E-state index contributed by atoms with van der Waals surface area (Å²) in [6, 6.07) is 20.4. The number of carbonyl (C=O) groups excluding carboxylic acids is 1. The van der Waals surface area contributed by atoms with E-state index in [2.05, 4.69) is 12.1 Å². The van der Waals surface area contributed by atoms with Crippen LogP contribution in [0.2, 0.25) is 0 Å². The molecule has 112 valence electrons. The van der Waals surface area contributed by atoms with Gasteiger partial charge in [-0.15, -0.1) is 0 Å². The maximum atomic E-state index is 11.6. The van der Waals surface area contributed by atoms with E-state index < -0.39 is 5.60 Å². The molecule has 1 heterocycles. The molecule has 0 aromatic heterocycles. The maximum absolute atomic E-state index is 11.6. The number of benzene rings is 2. The third-order valence-electron chi connectivity index (χ3n) is 4.16. The number of allylic oxidation sites excluding steroid dienone is 1. The molecule has 0 aliphatic carbocycles. The lowest BCUT2D eigenvalue weighted by atomic mass is 9.86. The van der Waals surface area contributed by atoms with Crippen LogP contribution >= 0.6 is 0 Å². The van der Waals surface area contributed by atoms with Crippen LogP contribution in [-0.4, -0.2) is 11.9 Å². The van der Waals surface area contributed by atoms with Crippen LogP contribution in [0.3, 0.4) is 0 Å². The van der Waals surface area contributed by atoms with Crippen LogP contribution in [0.4, 0.5) is 0 Å². The first kappa shape index (κ1) is 14.6. The molecule has 2 nitrogen and oxygen atoms in total. The second kappa shape index (κ2) is 6.61. The summed E-state index contributed by atoms with van der Waals surface area (Å²) in [6.07, 6.45) is 5.93. The molecule has 0 saturated heterocycles. The van der Waals surface area contributed by atoms with Crippen LogP contribution in [0.5, 0.6) is 0 Å². The lowest BCUT2D eigenvalue weighted by Gasteiger charge is -2.32. The Kier molecular flexibility index (Phi) is 4.38. The number of ether oxygens (including phenoxy) is 1. The molecule has 0 bridgehead atoms. The fourth-order valence-electron chi connectivity index (χ4n) is 2.88. The Bertz CT molecular complexity index is 646. The van der Waals surface area contributed by atoms with Crippen molar-refractivity contribution in [3.05, 3.63) is 83.6 Å². The van der Waals surface area contributed by atoms with E-state index in [1.54, 1.807) is 6.26 Å². The van der Waals surface area contributed by atoms with Crippen LogP contribution in [-0.2, 0) is 22.4 Å². The normalized spacial score (nSPS) is 20.8. The van der Waals surface area contributed by atoms with E-state index in [9.17, 15) is 4.79 Å². The smallest absolute Gasteiger partial charge is 0.167 e. The summed E-state index contributed by atoms with van der Waals surface area (Å²) in [4.78, 5) is 11.6. The van der Waals surface area contributed by atoms with E-state index in [1.165, 1.54) is 11.1 Å². The minimum atomic E-state index is -0.707. The van der Waals surface area contributed by atoms with Crippen LogP contribution < -0.4 is 0 Å². The van der Waals surface area contributed by atoms with Crippen molar-refractivity contribution in [2.75, 3.05) is 0 Å². The van der Waals surface area contributed by atoms with Crippen LogP contribution in [0.25, 0.3) is 0 Å². The summed E-state index contributed by atoms with van der Waals surface area (Å²) >= 11 is 0. The number of carbonyl (C=O) groups is 1. The van der Waals surface area contributed by atoms with Gasteiger partial charge in [0.25, 0.3) is 0 Å². The molecule has 0 radical (unpaired) electrons. The molecule has 1 atom stereocenters. The van der Waals surface area contributed by atoms with Crippen molar-refractivity contribution in [1.29, 1.82) is 0 Å². The van der Waals surface area contributed by atoms with Crippen LogP contribution in [0.15, 0.2) is 72.5 Å². The molecule has 1 aliphatic rings. The maximum Gasteiger partial charge on any atom is 0.167 e. The van der Waals surface area contributed by atoms with Crippen molar-refractivity contribution in [1.82, 2.24) is 0 Å². The van der Waals surface area contributed by atoms with Gasteiger partial charge < -0.3 is 4.74 Å². The zero-order chi connectivity index (χ0) is 15.3. The molecule has 0 saturated carbocycles. The first-order chi connectivity index (χ1) is 10.8. The van der Waals surface area contributed by atoms with Gasteiger partial charge >= 0.3 is 0 Å². The van der Waals surface area contributed by atoms with Gasteiger partial charge in [-0.1, -0.05) is 60.7 Å². The molecule has 2 heteroatoms. The lowest BCUT2D eigenvalue weighted by Crippen LogP contribution is -2.37. The van der Waals surface area contributed by atoms with Crippen molar-refractivity contribution in [2.45, 2.75) is 31.3 Å². The minimum Gasteiger partial charge on any atom is -0.487 e. The molecular formula is C20H20O2. The Labute approximate surface area is 131 Å². The highest BCUT2D eigenvalue weighted by atomic mass is 16.5. The topological polar surface area (TPSA) is 26.3 Å². The molecule has 0 spiro atoms. The highest BCUT2D eigenvalue weighted by molar-refractivity contribution is 5.64. The quantitative estimate of drug-likeness (QED) is 0.775. The van der Waals surface area contributed by atoms with Gasteiger partial charge in [0, 0.05) is 6.42 Å². The summed E-state index contributed by atoms with van der Waals surface area (Å²) in [5.41, 5.74) is 2.95. The lowest BCUT2D eigenvalue weighted by molar-refractivity contribution is -0.126. The molecule has 2 aromatic carbocycles.